The van der Waals surface area contributed by atoms with Crippen molar-refractivity contribution in [2.24, 2.45) is 17.0 Å². The third kappa shape index (κ3) is 2.07. The average molecular weight is 263 g/mol. The Kier molecular flexibility index (Phi) is 3.35. The van der Waals surface area contributed by atoms with E-state index in [2.05, 4.69) is 5.32 Å². The van der Waals surface area contributed by atoms with Gasteiger partial charge in [-0.1, -0.05) is 0 Å². The molecule has 0 aliphatic heterocycles. The molecule has 2 saturated carbocycles. The van der Waals surface area contributed by atoms with Crippen LogP contribution in [0.3, 0.4) is 0 Å². The zero-order chi connectivity index (χ0) is 12.0. The number of hydrazine groups is 1. The molecular weight excluding hydrogens is 248 g/mol. The predicted octanol–water partition coefficient (Wildman–Crippen LogP) is -1.69. The molecule has 17 heavy (non-hydrogen) atoms. The molecule has 3 amide bonds. The van der Waals surface area contributed by atoms with Gasteiger partial charge in [-0.2, -0.15) is 0 Å². The maximum atomic E-state index is 11.8. The van der Waals surface area contributed by atoms with Crippen LogP contribution in [0.4, 0.5) is 0 Å². The number of rotatable bonds is 4. The van der Waals surface area contributed by atoms with E-state index in [0.717, 1.165) is 0 Å². The molecule has 2 aliphatic carbocycles. The second-order valence-electron chi connectivity index (χ2n) is 4.46. The van der Waals surface area contributed by atoms with E-state index in [1.807, 2.05) is 5.43 Å². The predicted molar refractivity (Wildman–Crippen MR) is 60.5 cm³/mol. The first-order valence-electron chi connectivity index (χ1n) is 5.10. The maximum absolute atomic E-state index is 11.8. The van der Waals surface area contributed by atoms with Crippen LogP contribution in [0.2, 0.25) is 0 Å². The number of carbonyl (C=O) groups is 3. The smallest absolute Gasteiger partial charge is 0.259 e. The summed E-state index contributed by atoms with van der Waals surface area (Å²) in [5.74, 6) is 3.50. The molecule has 0 unspecified atom stereocenters. The van der Waals surface area contributed by atoms with Crippen LogP contribution >= 0.6 is 12.4 Å². The van der Waals surface area contributed by atoms with Crippen molar-refractivity contribution in [1.82, 2.24) is 10.7 Å². The summed E-state index contributed by atoms with van der Waals surface area (Å²) in [4.78, 5) is 34.3. The number of amides is 3. The molecular formula is C9H15ClN4O3. The first kappa shape index (κ1) is 13.7. The highest BCUT2D eigenvalue weighted by Gasteiger charge is 2.60. The van der Waals surface area contributed by atoms with Gasteiger partial charge < -0.3 is 11.1 Å². The summed E-state index contributed by atoms with van der Waals surface area (Å²) in [6.45, 7) is 0. The third-order valence-corrected chi connectivity index (χ3v) is 3.32. The van der Waals surface area contributed by atoms with E-state index in [-0.39, 0.29) is 12.4 Å². The Morgan fingerprint density at radius 3 is 1.82 bits per heavy atom. The minimum atomic E-state index is -1.09. The highest BCUT2D eigenvalue weighted by molar-refractivity contribution is 6.09. The topological polar surface area (TPSA) is 127 Å². The Bertz CT molecular complexity index is 376. The van der Waals surface area contributed by atoms with E-state index < -0.39 is 28.7 Å². The van der Waals surface area contributed by atoms with E-state index in [1.165, 1.54) is 0 Å². The van der Waals surface area contributed by atoms with Gasteiger partial charge in [0.1, 0.15) is 11.0 Å². The van der Waals surface area contributed by atoms with E-state index in [0.29, 0.717) is 25.7 Å². The fraction of sp³-hybridized carbons (Fsp3) is 0.667. The van der Waals surface area contributed by atoms with Crippen molar-refractivity contribution >= 4 is 30.1 Å². The summed E-state index contributed by atoms with van der Waals surface area (Å²) >= 11 is 0. The summed E-state index contributed by atoms with van der Waals surface area (Å²) in [5, 5.41) is 2.57. The van der Waals surface area contributed by atoms with Crippen molar-refractivity contribution < 1.29 is 14.4 Å². The molecule has 0 aromatic heterocycles. The first-order valence-corrected chi connectivity index (χ1v) is 5.10. The fourth-order valence-electron chi connectivity index (χ4n) is 1.72. The average Bonchev–Trinajstić information content (AvgIpc) is 3.10. The van der Waals surface area contributed by atoms with Crippen LogP contribution in [0.1, 0.15) is 25.7 Å². The molecule has 8 heteroatoms. The van der Waals surface area contributed by atoms with E-state index in [4.69, 9.17) is 11.6 Å². The molecule has 96 valence electrons. The van der Waals surface area contributed by atoms with Crippen LogP contribution in [0.5, 0.6) is 0 Å². The lowest BCUT2D eigenvalue weighted by Crippen LogP contribution is -2.54. The third-order valence-electron chi connectivity index (χ3n) is 3.32. The lowest BCUT2D eigenvalue weighted by Gasteiger charge is -2.18. The molecule has 2 aliphatic rings. The van der Waals surface area contributed by atoms with Crippen LogP contribution in [0, 0.1) is 5.41 Å². The van der Waals surface area contributed by atoms with E-state index in [1.54, 1.807) is 0 Å². The number of carbonyl (C=O) groups excluding carboxylic acids is 3. The standard InChI is InChI=1S/C9H14N4O3.ClH/c10-5(14)8(1-2-8)6(15)12-9(3-4-9)7(16)13-11;/h1-4,11H2,(H2,10,14)(H,12,15)(H,13,16);1H. The van der Waals surface area contributed by atoms with Crippen molar-refractivity contribution in [3.63, 3.8) is 0 Å². The van der Waals surface area contributed by atoms with E-state index >= 15 is 0 Å². The molecule has 2 rings (SSSR count). The number of hydrogen-bond donors (Lipinski definition) is 4. The molecule has 7 nitrogen and oxygen atoms in total. The lowest BCUT2D eigenvalue weighted by molar-refractivity contribution is -0.138. The zero-order valence-electron chi connectivity index (χ0n) is 9.12. The van der Waals surface area contributed by atoms with Gasteiger partial charge in [-0.25, -0.2) is 5.84 Å². The van der Waals surface area contributed by atoms with Gasteiger partial charge in [0, 0.05) is 0 Å². The molecule has 0 spiro atoms. The van der Waals surface area contributed by atoms with Crippen molar-refractivity contribution in [1.29, 1.82) is 0 Å². The van der Waals surface area contributed by atoms with Gasteiger partial charge in [0.05, 0.1) is 0 Å². The second kappa shape index (κ2) is 4.15. The van der Waals surface area contributed by atoms with Gasteiger partial charge in [0.25, 0.3) is 5.91 Å². The molecule has 6 N–H and O–H groups in total. The van der Waals surface area contributed by atoms with Crippen LogP contribution in [-0.4, -0.2) is 23.3 Å². The number of nitrogens with one attached hydrogen (secondary N) is 2. The molecule has 0 aromatic carbocycles. The monoisotopic (exact) mass is 262 g/mol. The van der Waals surface area contributed by atoms with Crippen molar-refractivity contribution in [2.75, 3.05) is 0 Å². The van der Waals surface area contributed by atoms with Crippen molar-refractivity contribution in [3.05, 3.63) is 0 Å². The molecule has 0 saturated heterocycles. The normalized spacial score (nSPS) is 21.7. The molecule has 0 radical (unpaired) electrons. The van der Waals surface area contributed by atoms with E-state index in [9.17, 15) is 14.4 Å². The molecule has 0 bridgehead atoms. The summed E-state index contributed by atoms with van der Waals surface area (Å²) in [7, 11) is 0. The van der Waals surface area contributed by atoms with Gasteiger partial charge in [-0.05, 0) is 25.7 Å². The minimum absolute atomic E-state index is 0. The van der Waals surface area contributed by atoms with Crippen LogP contribution < -0.4 is 22.3 Å². The quantitative estimate of drug-likeness (QED) is 0.209. The van der Waals surface area contributed by atoms with Gasteiger partial charge >= 0.3 is 0 Å². The lowest BCUT2D eigenvalue weighted by atomic mass is 10.0. The number of halogens is 1. The number of hydrogen-bond acceptors (Lipinski definition) is 4. The zero-order valence-corrected chi connectivity index (χ0v) is 9.93. The highest BCUT2D eigenvalue weighted by atomic mass is 35.5. The number of primary amides is 1. The molecule has 2 fully saturated rings. The van der Waals surface area contributed by atoms with Crippen molar-refractivity contribution in [2.45, 2.75) is 31.2 Å². The fourth-order valence-corrected chi connectivity index (χ4v) is 1.72. The second-order valence-corrected chi connectivity index (χ2v) is 4.46. The Morgan fingerprint density at radius 1 is 1.00 bits per heavy atom. The molecule has 0 heterocycles. The summed E-state index contributed by atoms with van der Waals surface area (Å²) in [6.07, 6.45) is 1.98. The Balaban J connectivity index is 0.00000144. The first-order chi connectivity index (χ1) is 7.47. The Labute approximate surface area is 104 Å². The SMILES string of the molecule is Cl.NNC(=O)C1(NC(=O)C2(C(N)=O)CC2)CC1. The van der Waals surface area contributed by atoms with Gasteiger partial charge in [0.15, 0.2) is 0 Å². The largest absolute Gasteiger partial charge is 0.369 e. The van der Waals surface area contributed by atoms with Crippen LogP contribution in [0.25, 0.3) is 0 Å². The number of nitrogens with two attached hydrogens (primary N) is 2. The molecule has 0 aromatic rings. The molecule has 0 atom stereocenters. The summed E-state index contributed by atoms with van der Waals surface area (Å²) in [6, 6.07) is 0. The Hall–Kier alpha value is -1.34. The van der Waals surface area contributed by atoms with Crippen LogP contribution in [-0.2, 0) is 14.4 Å². The van der Waals surface area contributed by atoms with Crippen LogP contribution in [0.15, 0.2) is 0 Å². The highest BCUT2D eigenvalue weighted by Crippen LogP contribution is 2.47. The maximum Gasteiger partial charge on any atom is 0.259 e. The van der Waals surface area contributed by atoms with Gasteiger partial charge in [-0.3, -0.25) is 19.8 Å². The van der Waals surface area contributed by atoms with Gasteiger partial charge in [0.2, 0.25) is 11.8 Å². The Morgan fingerprint density at radius 2 is 1.53 bits per heavy atom. The van der Waals surface area contributed by atoms with Crippen molar-refractivity contribution in [3.8, 4) is 0 Å². The summed E-state index contributed by atoms with van der Waals surface area (Å²) in [5.41, 5.74) is 5.15. The summed E-state index contributed by atoms with van der Waals surface area (Å²) < 4.78 is 0. The minimum Gasteiger partial charge on any atom is -0.369 e. The van der Waals surface area contributed by atoms with Gasteiger partial charge in [-0.15, -0.1) is 12.4 Å².